The largest absolute Gasteiger partial charge is 0.369 e. The number of hydrogen-bond acceptors (Lipinski definition) is 3. The SMILES string of the molecule is CC1CCc2ccccc2N1CCC1CCCC1(N)C#N. The van der Waals surface area contributed by atoms with Gasteiger partial charge in [-0.05, 0) is 56.6 Å². The minimum absolute atomic E-state index is 0.351. The first-order valence-corrected chi connectivity index (χ1v) is 8.19. The molecule has 3 unspecified atom stereocenters. The molecule has 2 aliphatic rings. The van der Waals surface area contributed by atoms with E-state index in [1.165, 1.54) is 24.1 Å². The topological polar surface area (TPSA) is 53.0 Å². The van der Waals surface area contributed by atoms with Crippen molar-refractivity contribution in [1.82, 2.24) is 0 Å². The van der Waals surface area contributed by atoms with E-state index in [-0.39, 0.29) is 0 Å². The zero-order chi connectivity index (χ0) is 14.9. The summed E-state index contributed by atoms with van der Waals surface area (Å²) in [7, 11) is 0. The fourth-order valence-corrected chi connectivity index (χ4v) is 4.05. The van der Waals surface area contributed by atoms with E-state index in [1.807, 2.05) is 0 Å². The fraction of sp³-hybridized carbons (Fsp3) is 0.611. The number of aryl methyl sites for hydroxylation is 1. The van der Waals surface area contributed by atoms with Gasteiger partial charge < -0.3 is 10.6 Å². The van der Waals surface area contributed by atoms with Gasteiger partial charge in [-0.15, -0.1) is 0 Å². The average Bonchev–Trinajstić information content (AvgIpc) is 2.88. The van der Waals surface area contributed by atoms with E-state index in [1.54, 1.807) is 0 Å². The monoisotopic (exact) mass is 283 g/mol. The molecule has 0 bridgehead atoms. The molecular formula is C18H25N3. The van der Waals surface area contributed by atoms with E-state index in [2.05, 4.69) is 42.2 Å². The highest BCUT2D eigenvalue weighted by atomic mass is 15.2. The highest BCUT2D eigenvalue weighted by Gasteiger charge is 2.39. The first-order valence-electron chi connectivity index (χ1n) is 8.19. The molecule has 1 aliphatic heterocycles. The molecule has 1 fully saturated rings. The number of anilines is 1. The highest BCUT2D eigenvalue weighted by molar-refractivity contribution is 5.56. The molecule has 0 amide bonds. The molecule has 0 aromatic heterocycles. The van der Waals surface area contributed by atoms with Crippen molar-refractivity contribution in [2.75, 3.05) is 11.4 Å². The third-order valence-electron chi connectivity index (χ3n) is 5.46. The van der Waals surface area contributed by atoms with Crippen LogP contribution in [-0.2, 0) is 6.42 Å². The van der Waals surface area contributed by atoms with E-state index in [9.17, 15) is 5.26 Å². The van der Waals surface area contributed by atoms with Gasteiger partial charge in [-0.1, -0.05) is 24.6 Å². The van der Waals surface area contributed by atoms with Crippen LogP contribution >= 0.6 is 0 Å². The minimum atomic E-state index is -0.585. The quantitative estimate of drug-likeness (QED) is 0.926. The molecule has 1 aliphatic carbocycles. The first-order chi connectivity index (χ1) is 10.1. The van der Waals surface area contributed by atoms with Gasteiger partial charge in [0.05, 0.1) is 6.07 Å². The van der Waals surface area contributed by atoms with Gasteiger partial charge in [-0.3, -0.25) is 0 Å². The molecule has 0 radical (unpaired) electrons. The van der Waals surface area contributed by atoms with E-state index >= 15 is 0 Å². The molecule has 1 heterocycles. The van der Waals surface area contributed by atoms with Crippen LogP contribution < -0.4 is 10.6 Å². The second-order valence-corrected chi connectivity index (χ2v) is 6.74. The van der Waals surface area contributed by atoms with Crippen molar-refractivity contribution in [3.63, 3.8) is 0 Å². The molecule has 3 heteroatoms. The molecular weight excluding hydrogens is 258 g/mol. The number of fused-ring (bicyclic) bond motifs is 1. The van der Waals surface area contributed by atoms with Crippen molar-refractivity contribution in [2.45, 2.75) is 57.0 Å². The Kier molecular flexibility index (Phi) is 3.91. The van der Waals surface area contributed by atoms with Gasteiger partial charge in [0.2, 0.25) is 0 Å². The minimum Gasteiger partial charge on any atom is -0.369 e. The maximum atomic E-state index is 9.35. The van der Waals surface area contributed by atoms with Crippen LogP contribution in [0.2, 0.25) is 0 Å². The Labute approximate surface area is 127 Å². The Morgan fingerprint density at radius 3 is 3.00 bits per heavy atom. The molecule has 21 heavy (non-hydrogen) atoms. The van der Waals surface area contributed by atoms with E-state index in [0.717, 1.165) is 32.2 Å². The van der Waals surface area contributed by atoms with Crippen LogP contribution in [0.25, 0.3) is 0 Å². The highest BCUT2D eigenvalue weighted by Crippen LogP contribution is 2.37. The first kappa shape index (κ1) is 14.4. The summed E-state index contributed by atoms with van der Waals surface area (Å²) in [5.74, 6) is 0.351. The lowest BCUT2D eigenvalue weighted by Crippen LogP contribution is -2.44. The molecule has 0 spiro atoms. The second-order valence-electron chi connectivity index (χ2n) is 6.74. The van der Waals surface area contributed by atoms with E-state index in [0.29, 0.717) is 12.0 Å². The number of rotatable bonds is 3. The van der Waals surface area contributed by atoms with Crippen molar-refractivity contribution in [3.05, 3.63) is 29.8 Å². The molecule has 0 saturated heterocycles. The van der Waals surface area contributed by atoms with Gasteiger partial charge in [0.15, 0.2) is 0 Å². The van der Waals surface area contributed by atoms with E-state index < -0.39 is 5.54 Å². The van der Waals surface area contributed by atoms with Gasteiger partial charge in [0.1, 0.15) is 5.54 Å². The maximum Gasteiger partial charge on any atom is 0.107 e. The van der Waals surface area contributed by atoms with Crippen LogP contribution in [0.3, 0.4) is 0 Å². The lowest BCUT2D eigenvalue weighted by atomic mass is 9.86. The Morgan fingerprint density at radius 2 is 2.19 bits per heavy atom. The fourth-order valence-electron chi connectivity index (χ4n) is 4.05. The summed E-state index contributed by atoms with van der Waals surface area (Å²) in [5.41, 5.74) is 8.53. The molecule has 3 atom stereocenters. The number of benzene rings is 1. The zero-order valence-electron chi connectivity index (χ0n) is 12.9. The summed E-state index contributed by atoms with van der Waals surface area (Å²) < 4.78 is 0. The predicted octanol–water partition coefficient (Wildman–Crippen LogP) is 3.24. The standard InChI is InChI=1S/C18H25N3/c1-14-8-9-15-5-2-3-7-17(15)21(14)12-10-16-6-4-11-18(16,20)13-19/h2-3,5,7,14,16H,4,6,8-12,20H2,1H3. The molecule has 112 valence electrons. The number of nitriles is 1. The lowest BCUT2D eigenvalue weighted by molar-refractivity contribution is 0.367. The molecule has 3 nitrogen and oxygen atoms in total. The lowest BCUT2D eigenvalue weighted by Gasteiger charge is -2.38. The van der Waals surface area contributed by atoms with Gasteiger partial charge in [0.25, 0.3) is 0 Å². The smallest absolute Gasteiger partial charge is 0.107 e. The molecule has 1 aromatic carbocycles. The molecule has 2 N–H and O–H groups in total. The third-order valence-corrected chi connectivity index (χ3v) is 5.46. The summed E-state index contributed by atoms with van der Waals surface area (Å²) in [6.45, 7) is 3.33. The van der Waals surface area contributed by atoms with Crippen LogP contribution in [0.15, 0.2) is 24.3 Å². The van der Waals surface area contributed by atoms with Crippen molar-refractivity contribution >= 4 is 5.69 Å². The van der Waals surface area contributed by atoms with Crippen LogP contribution in [0, 0.1) is 17.2 Å². The Bertz CT molecular complexity index is 548. The molecule has 3 rings (SSSR count). The normalized spacial score (nSPS) is 31.8. The Balaban J connectivity index is 1.72. The van der Waals surface area contributed by atoms with E-state index in [4.69, 9.17) is 5.73 Å². The molecule has 1 aromatic rings. The van der Waals surface area contributed by atoms with Crippen LogP contribution in [0.4, 0.5) is 5.69 Å². The van der Waals surface area contributed by atoms with Gasteiger partial charge in [-0.25, -0.2) is 0 Å². The Morgan fingerprint density at radius 1 is 1.38 bits per heavy atom. The Hall–Kier alpha value is -1.53. The number of para-hydroxylation sites is 1. The van der Waals surface area contributed by atoms with Crippen LogP contribution in [0.5, 0.6) is 0 Å². The summed E-state index contributed by atoms with van der Waals surface area (Å²) in [6, 6.07) is 11.7. The summed E-state index contributed by atoms with van der Waals surface area (Å²) in [5, 5.41) is 9.35. The maximum absolute atomic E-state index is 9.35. The molecule has 1 saturated carbocycles. The number of nitrogens with two attached hydrogens (primary N) is 1. The number of hydrogen-bond donors (Lipinski definition) is 1. The predicted molar refractivity (Wildman–Crippen MR) is 86.1 cm³/mol. The van der Waals surface area contributed by atoms with Gasteiger partial charge in [-0.2, -0.15) is 5.26 Å². The van der Waals surface area contributed by atoms with Crippen LogP contribution in [0.1, 0.15) is 44.6 Å². The summed E-state index contributed by atoms with van der Waals surface area (Å²) >= 11 is 0. The van der Waals surface area contributed by atoms with Gasteiger partial charge in [0, 0.05) is 18.3 Å². The van der Waals surface area contributed by atoms with Crippen molar-refractivity contribution < 1.29 is 0 Å². The van der Waals surface area contributed by atoms with Gasteiger partial charge >= 0.3 is 0 Å². The van der Waals surface area contributed by atoms with Crippen molar-refractivity contribution in [2.24, 2.45) is 11.7 Å². The average molecular weight is 283 g/mol. The summed E-state index contributed by atoms with van der Waals surface area (Å²) in [6.07, 6.45) is 6.49. The number of nitrogens with zero attached hydrogens (tertiary/aromatic N) is 2. The summed E-state index contributed by atoms with van der Waals surface area (Å²) in [4.78, 5) is 2.52. The zero-order valence-corrected chi connectivity index (χ0v) is 12.9. The second kappa shape index (κ2) is 5.69. The third kappa shape index (κ3) is 2.65. The van der Waals surface area contributed by atoms with Crippen LogP contribution in [-0.4, -0.2) is 18.1 Å². The van der Waals surface area contributed by atoms with Crippen molar-refractivity contribution in [1.29, 1.82) is 5.26 Å². The van der Waals surface area contributed by atoms with Crippen molar-refractivity contribution in [3.8, 4) is 6.07 Å².